The van der Waals surface area contributed by atoms with Gasteiger partial charge in [-0.3, -0.25) is 14.4 Å². The van der Waals surface area contributed by atoms with E-state index in [-0.39, 0.29) is 36.8 Å². The monoisotopic (exact) mass is 559 g/mol. The number of nitrogens with one attached hydrogen (secondary N) is 1. The van der Waals surface area contributed by atoms with Crippen molar-refractivity contribution in [2.45, 2.75) is 18.9 Å². The fourth-order valence-electron chi connectivity index (χ4n) is 5.19. The highest BCUT2D eigenvalue weighted by Crippen LogP contribution is 2.38. The molecule has 1 aromatic heterocycles. The van der Waals surface area contributed by atoms with Crippen molar-refractivity contribution in [1.29, 1.82) is 0 Å². The van der Waals surface area contributed by atoms with E-state index in [0.717, 1.165) is 11.1 Å². The predicted molar refractivity (Wildman–Crippen MR) is 149 cm³/mol. The molecule has 41 heavy (non-hydrogen) atoms. The van der Waals surface area contributed by atoms with Crippen LogP contribution >= 0.6 is 0 Å². The van der Waals surface area contributed by atoms with Crippen LogP contribution in [-0.4, -0.2) is 94.2 Å². The normalized spacial score (nSPS) is 19.7. The molecule has 0 spiro atoms. The largest absolute Gasteiger partial charge is 0.493 e. The summed E-state index contributed by atoms with van der Waals surface area (Å²) in [5, 5.41) is 14.0. The first-order valence-corrected chi connectivity index (χ1v) is 13.6. The van der Waals surface area contributed by atoms with Gasteiger partial charge in [-0.1, -0.05) is 36.4 Å². The lowest BCUT2D eigenvalue weighted by Gasteiger charge is -2.25. The first-order chi connectivity index (χ1) is 20.0. The molecule has 3 amide bonds. The highest BCUT2D eigenvalue weighted by molar-refractivity contribution is 5.93. The maximum Gasteiger partial charge on any atom is 0.246 e. The molecule has 214 valence electrons. The number of tetrazole rings is 1. The fraction of sp³-hybridized carbons (Fsp3) is 0.379. The smallest absolute Gasteiger partial charge is 0.246 e. The quantitative estimate of drug-likeness (QED) is 0.464. The van der Waals surface area contributed by atoms with Crippen molar-refractivity contribution < 1.29 is 23.9 Å². The van der Waals surface area contributed by atoms with E-state index in [1.54, 1.807) is 29.1 Å². The fourth-order valence-corrected chi connectivity index (χ4v) is 5.19. The number of rotatable bonds is 5. The third kappa shape index (κ3) is 6.89. The zero-order chi connectivity index (χ0) is 28.6. The Morgan fingerprint density at radius 1 is 1.10 bits per heavy atom. The van der Waals surface area contributed by atoms with Crippen LogP contribution in [0.5, 0.6) is 11.5 Å². The summed E-state index contributed by atoms with van der Waals surface area (Å²) in [5.41, 5.74) is 1.81. The first-order valence-electron chi connectivity index (χ1n) is 13.6. The summed E-state index contributed by atoms with van der Waals surface area (Å²) in [6.07, 6.45) is 5.28. The minimum absolute atomic E-state index is 0.00447. The maximum absolute atomic E-state index is 13.4. The first kappa shape index (κ1) is 27.8. The summed E-state index contributed by atoms with van der Waals surface area (Å²) in [5.74, 6) is -0.0184. The van der Waals surface area contributed by atoms with E-state index in [4.69, 9.17) is 9.47 Å². The molecular formula is C29H33N7O5. The standard InChI is InChI=1S/C29H33N7O5/c1-40-25-10-9-22-16-26(25)41-15-14-34(28(38)19-36-20-31-32-33-36)13-5-12-30-29(39)24-18-35(17-23(22)24)27(37)11-8-21-6-3-2-4-7-21/h2-4,6-11,16,20,23-24H,5,12-15,17-19H2,1H3,(H,30,39)/b11-8+/t23-,24+/m1/s1. The molecule has 0 saturated carbocycles. The number of ether oxygens (including phenoxy) is 2. The number of likely N-dealkylation sites (tertiary alicyclic amines) is 1. The second-order valence-corrected chi connectivity index (χ2v) is 9.99. The molecule has 12 nitrogen and oxygen atoms in total. The molecule has 3 aromatic rings. The third-order valence-corrected chi connectivity index (χ3v) is 7.37. The summed E-state index contributed by atoms with van der Waals surface area (Å²) < 4.78 is 13.0. The van der Waals surface area contributed by atoms with Crippen LogP contribution in [0.4, 0.5) is 0 Å². The number of methoxy groups -OCH3 is 1. The molecule has 1 N–H and O–H groups in total. The van der Waals surface area contributed by atoms with Crippen LogP contribution in [0.3, 0.4) is 0 Å². The van der Waals surface area contributed by atoms with Gasteiger partial charge in [0.05, 0.1) is 19.6 Å². The van der Waals surface area contributed by atoms with Crippen molar-refractivity contribution in [3.05, 3.63) is 72.1 Å². The van der Waals surface area contributed by atoms with Crippen molar-refractivity contribution in [1.82, 2.24) is 35.3 Å². The van der Waals surface area contributed by atoms with Crippen LogP contribution in [0, 0.1) is 5.92 Å². The molecule has 12 heteroatoms. The number of nitrogens with zero attached hydrogens (tertiary/aromatic N) is 6. The van der Waals surface area contributed by atoms with Gasteiger partial charge in [0, 0.05) is 38.2 Å². The predicted octanol–water partition coefficient (Wildman–Crippen LogP) is 1.36. The van der Waals surface area contributed by atoms with Crippen molar-refractivity contribution in [2.75, 3.05) is 46.4 Å². The second kappa shape index (κ2) is 13.1. The molecule has 1 fully saturated rings. The number of amides is 3. The number of hydrogen-bond acceptors (Lipinski definition) is 8. The number of carbonyl (C=O) groups excluding carboxylic acids is 3. The molecule has 0 unspecified atom stereocenters. The Morgan fingerprint density at radius 2 is 1.93 bits per heavy atom. The molecule has 1 saturated heterocycles. The lowest BCUT2D eigenvalue weighted by Crippen LogP contribution is -2.40. The number of aromatic nitrogens is 4. The minimum Gasteiger partial charge on any atom is -0.493 e. The molecule has 2 atom stereocenters. The van der Waals surface area contributed by atoms with Gasteiger partial charge in [0.15, 0.2) is 11.5 Å². The van der Waals surface area contributed by atoms with Crippen LogP contribution in [0.15, 0.2) is 60.9 Å². The van der Waals surface area contributed by atoms with Crippen molar-refractivity contribution >= 4 is 23.8 Å². The topological polar surface area (TPSA) is 132 Å². The van der Waals surface area contributed by atoms with Gasteiger partial charge in [0.1, 0.15) is 19.5 Å². The number of carbonyl (C=O) groups is 3. The van der Waals surface area contributed by atoms with E-state index in [2.05, 4.69) is 20.8 Å². The van der Waals surface area contributed by atoms with Crippen molar-refractivity contribution in [2.24, 2.45) is 5.92 Å². The number of hydrogen-bond donors (Lipinski definition) is 1. The van der Waals surface area contributed by atoms with Gasteiger partial charge < -0.3 is 24.6 Å². The Hall–Kier alpha value is -4.74. The third-order valence-electron chi connectivity index (χ3n) is 7.37. The Kier molecular flexibility index (Phi) is 8.87. The maximum atomic E-state index is 13.4. The van der Waals surface area contributed by atoms with Crippen LogP contribution < -0.4 is 14.8 Å². The SMILES string of the molecule is COc1ccc2cc1OCCN(C(=O)Cn1cnnn1)CCCNC(=O)[C@H]1CN(C(=O)/C=C/c3ccccc3)C[C@H]21. The Balaban J connectivity index is 1.35. The number of benzene rings is 2. The van der Waals surface area contributed by atoms with Gasteiger partial charge >= 0.3 is 0 Å². The summed E-state index contributed by atoms with van der Waals surface area (Å²) in [6.45, 7) is 2.11. The van der Waals surface area contributed by atoms with Gasteiger partial charge in [-0.25, -0.2) is 4.68 Å². The van der Waals surface area contributed by atoms with Crippen LogP contribution in [0.25, 0.3) is 6.08 Å². The minimum atomic E-state index is -0.439. The molecule has 2 aliphatic heterocycles. The Labute approximate surface area is 237 Å². The summed E-state index contributed by atoms with van der Waals surface area (Å²) >= 11 is 0. The highest BCUT2D eigenvalue weighted by atomic mass is 16.5. The number of fused-ring (bicyclic) bond motifs is 4. The lowest BCUT2D eigenvalue weighted by atomic mass is 9.88. The zero-order valence-electron chi connectivity index (χ0n) is 22.9. The highest BCUT2D eigenvalue weighted by Gasteiger charge is 2.40. The van der Waals surface area contributed by atoms with Crippen LogP contribution in [0.1, 0.15) is 23.5 Å². The second-order valence-electron chi connectivity index (χ2n) is 9.99. The van der Waals surface area contributed by atoms with Gasteiger partial charge in [0.2, 0.25) is 17.7 Å². The molecule has 3 heterocycles. The van der Waals surface area contributed by atoms with Gasteiger partial charge in [-0.05, 0) is 46.2 Å². The van der Waals surface area contributed by atoms with Gasteiger partial charge in [-0.2, -0.15) is 0 Å². The van der Waals surface area contributed by atoms with Gasteiger partial charge in [-0.15, -0.1) is 5.10 Å². The molecule has 2 aliphatic rings. The summed E-state index contributed by atoms with van der Waals surface area (Å²) in [4.78, 5) is 42.9. The molecule has 0 aliphatic carbocycles. The lowest BCUT2D eigenvalue weighted by molar-refractivity contribution is -0.132. The molecule has 0 radical (unpaired) electrons. The average Bonchev–Trinajstić information content (AvgIpc) is 3.67. The molecule has 5 rings (SSSR count). The van der Waals surface area contributed by atoms with Crippen molar-refractivity contribution in [3.63, 3.8) is 0 Å². The van der Waals surface area contributed by atoms with Crippen molar-refractivity contribution in [3.8, 4) is 11.5 Å². The van der Waals surface area contributed by atoms with E-state index in [1.807, 2.05) is 48.5 Å². The zero-order valence-corrected chi connectivity index (χ0v) is 22.9. The molecule has 2 bridgehead atoms. The van der Waals surface area contributed by atoms with E-state index in [1.165, 1.54) is 11.0 Å². The summed E-state index contributed by atoms with van der Waals surface area (Å²) in [6, 6.07) is 15.2. The van der Waals surface area contributed by atoms with E-state index < -0.39 is 5.92 Å². The Bertz CT molecular complexity index is 1380. The van der Waals surface area contributed by atoms with Crippen LogP contribution in [0.2, 0.25) is 0 Å². The van der Waals surface area contributed by atoms with E-state index in [0.29, 0.717) is 50.6 Å². The molecular weight excluding hydrogens is 526 g/mol. The summed E-state index contributed by atoms with van der Waals surface area (Å²) in [7, 11) is 1.56. The van der Waals surface area contributed by atoms with Crippen LogP contribution in [-0.2, 0) is 20.9 Å². The van der Waals surface area contributed by atoms with Gasteiger partial charge in [0.25, 0.3) is 0 Å². The van der Waals surface area contributed by atoms with E-state index >= 15 is 0 Å². The van der Waals surface area contributed by atoms with E-state index in [9.17, 15) is 14.4 Å². The Morgan fingerprint density at radius 3 is 2.71 bits per heavy atom. The molecule has 2 aromatic carbocycles. The average molecular weight is 560 g/mol.